The minimum Gasteiger partial charge on any atom is -0.493 e. The lowest BCUT2D eigenvalue weighted by atomic mass is 10.1. The van der Waals surface area contributed by atoms with E-state index in [2.05, 4.69) is 12.6 Å². The Hall–Kier alpha value is -1.28. The Balaban J connectivity index is 2.08. The molecule has 0 heterocycles. The van der Waals surface area contributed by atoms with Crippen molar-refractivity contribution in [3.05, 3.63) is 41.5 Å². The highest BCUT2D eigenvalue weighted by Gasteiger charge is 2.21. The first kappa shape index (κ1) is 11.2. The van der Waals surface area contributed by atoms with E-state index in [1.54, 1.807) is 0 Å². The zero-order valence-electron chi connectivity index (χ0n) is 9.83. The average Bonchev–Trinajstić information content (AvgIpc) is 2.61. The topological polar surface area (TPSA) is 35.2 Å². The monoisotopic (exact) mass is 217 g/mol. The Morgan fingerprint density at radius 2 is 2.38 bits per heavy atom. The van der Waals surface area contributed by atoms with E-state index in [0.717, 1.165) is 30.6 Å². The van der Waals surface area contributed by atoms with E-state index in [-0.39, 0.29) is 6.04 Å². The van der Waals surface area contributed by atoms with Crippen molar-refractivity contribution in [3.8, 4) is 5.75 Å². The van der Waals surface area contributed by atoms with Gasteiger partial charge in [0.1, 0.15) is 5.75 Å². The maximum atomic E-state index is 6.02. The molecule has 0 bridgehead atoms. The number of nitrogens with two attached hydrogens (primary N) is 1. The van der Waals surface area contributed by atoms with Crippen molar-refractivity contribution in [2.24, 2.45) is 5.73 Å². The zero-order valence-corrected chi connectivity index (χ0v) is 9.83. The van der Waals surface area contributed by atoms with Crippen LogP contribution in [-0.2, 0) is 6.42 Å². The summed E-state index contributed by atoms with van der Waals surface area (Å²) in [4.78, 5) is 0. The molecular formula is C14H19NO. The summed E-state index contributed by atoms with van der Waals surface area (Å²) in [5, 5.41) is 0. The van der Waals surface area contributed by atoms with Crippen LogP contribution in [0.4, 0.5) is 0 Å². The van der Waals surface area contributed by atoms with E-state index in [4.69, 9.17) is 10.5 Å². The van der Waals surface area contributed by atoms with E-state index in [1.807, 2.05) is 19.1 Å². The van der Waals surface area contributed by atoms with Crippen LogP contribution in [0.2, 0.25) is 0 Å². The maximum absolute atomic E-state index is 6.02. The number of fused-ring (bicyclic) bond motifs is 1. The molecule has 16 heavy (non-hydrogen) atoms. The molecule has 1 aliphatic rings. The predicted molar refractivity (Wildman–Crippen MR) is 66.6 cm³/mol. The molecule has 0 aliphatic heterocycles. The second-order valence-electron chi connectivity index (χ2n) is 4.52. The SMILES string of the molecule is C=C(C)CCOc1cccc2c1CCC2N. The highest BCUT2D eigenvalue weighted by atomic mass is 16.5. The van der Waals surface area contributed by atoms with Gasteiger partial charge in [-0.1, -0.05) is 17.7 Å². The molecule has 0 fully saturated rings. The fourth-order valence-corrected chi connectivity index (χ4v) is 2.12. The first-order chi connectivity index (χ1) is 7.68. The number of hydrogen-bond donors (Lipinski definition) is 1. The van der Waals surface area contributed by atoms with Crippen LogP contribution in [0.1, 0.15) is 36.9 Å². The first-order valence-corrected chi connectivity index (χ1v) is 5.83. The summed E-state index contributed by atoms with van der Waals surface area (Å²) < 4.78 is 5.79. The second kappa shape index (κ2) is 4.71. The molecule has 2 rings (SSSR count). The molecular weight excluding hydrogens is 198 g/mol. The Morgan fingerprint density at radius 1 is 1.56 bits per heavy atom. The molecule has 2 heteroatoms. The van der Waals surface area contributed by atoms with Crippen molar-refractivity contribution in [2.75, 3.05) is 6.61 Å². The summed E-state index contributed by atoms with van der Waals surface area (Å²) in [5.74, 6) is 1.01. The van der Waals surface area contributed by atoms with E-state index < -0.39 is 0 Å². The number of ether oxygens (including phenoxy) is 1. The molecule has 86 valence electrons. The van der Waals surface area contributed by atoms with Gasteiger partial charge in [-0.05, 0) is 37.0 Å². The van der Waals surface area contributed by atoms with Gasteiger partial charge in [0.05, 0.1) is 6.61 Å². The summed E-state index contributed by atoms with van der Waals surface area (Å²) in [6.45, 7) is 6.60. The van der Waals surface area contributed by atoms with Gasteiger partial charge < -0.3 is 10.5 Å². The van der Waals surface area contributed by atoms with Crippen LogP contribution in [-0.4, -0.2) is 6.61 Å². The van der Waals surface area contributed by atoms with E-state index in [0.29, 0.717) is 6.61 Å². The lowest BCUT2D eigenvalue weighted by molar-refractivity contribution is 0.319. The van der Waals surface area contributed by atoms with Gasteiger partial charge in [-0.3, -0.25) is 0 Å². The van der Waals surface area contributed by atoms with Gasteiger partial charge in [0, 0.05) is 12.5 Å². The van der Waals surface area contributed by atoms with Gasteiger partial charge in [-0.2, -0.15) is 0 Å². The van der Waals surface area contributed by atoms with Crippen LogP contribution in [0.5, 0.6) is 5.75 Å². The van der Waals surface area contributed by atoms with Gasteiger partial charge in [0.15, 0.2) is 0 Å². The van der Waals surface area contributed by atoms with E-state index in [9.17, 15) is 0 Å². The normalized spacial score (nSPS) is 18.2. The fraction of sp³-hybridized carbons (Fsp3) is 0.429. The average molecular weight is 217 g/mol. The maximum Gasteiger partial charge on any atom is 0.122 e. The fourth-order valence-electron chi connectivity index (χ4n) is 2.12. The minimum absolute atomic E-state index is 0.194. The summed E-state index contributed by atoms with van der Waals surface area (Å²) in [7, 11) is 0. The Labute approximate surface area is 97.1 Å². The largest absolute Gasteiger partial charge is 0.493 e. The molecule has 0 saturated carbocycles. The lowest BCUT2D eigenvalue weighted by Crippen LogP contribution is -2.05. The molecule has 0 amide bonds. The van der Waals surface area contributed by atoms with Gasteiger partial charge in [-0.15, -0.1) is 6.58 Å². The second-order valence-corrected chi connectivity index (χ2v) is 4.52. The summed E-state index contributed by atoms with van der Waals surface area (Å²) in [6, 6.07) is 6.37. The van der Waals surface area contributed by atoms with Crippen LogP contribution in [0.25, 0.3) is 0 Å². The third kappa shape index (κ3) is 2.27. The highest BCUT2D eigenvalue weighted by Crippen LogP contribution is 2.35. The molecule has 1 aromatic rings. The standard InChI is InChI=1S/C14H19NO/c1-10(2)8-9-16-14-5-3-4-11-12(14)6-7-13(11)15/h3-5,13H,1,6-9,15H2,2H3. The third-order valence-electron chi connectivity index (χ3n) is 3.06. The minimum atomic E-state index is 0.194. The molecule has 0 aromatic heterocycles. The lowest BCUT2D eigenvalue weighted by Gasteiger charge is -2.11. The zero-order chi connectivity index (χ0) is 11.5. The van der Waals surface area contributed by atoms with E-state index in [1.165, 1.54) is 11.1 Å². The van der Waals surface area contributed by atoms with Crippen LogP contribution in [0.15, 0.2) is 30.4 Å². The summed E-state index contributed by atoms with van der Waals surface area (Å²) in [6.07, 6.45) is 2.99. The number of rotatable bonds is 4. The van der Waals surface area contributed by atoms with Gasteiger partial charge in [0.2, 0.25) is 0 Å². The molecule has 0 spiro atoms. The highest BCUT2D eigenvalue weighted by molar-refractivity contribution is 5.44. The molecule has 1 atom stereocenters. The quantitative estimate of drug-likeness (QED) is 0.787. The first-order valence-electron chi connectivity index (χ1n) is 5.83. The summed E-state index contributed by atoms with van der Waals surface area (Å²) in [5.41, 5.74) is 9.74. The van der Waals surface area contributed by atoms with Gasteiger partial charge in [0.25, 0.3) is 0 Å². The van der Waals surface area contributed by atoms with E-state index >= 15 is 0 Å². The van der Waals surface area contributed by atoms with Crippen molar-refractivity contribution >= 4 is 0 Å². The predicted octanol–water partition coefficient (Wildman–Crippen LogP) is 2.98. The van der Waals surface area contributed by atoms with Crippen molar-refractivity contribution in [1.29, 1.82) is 0 Å². The van der Waals surface area contributed by atoms with Gasteiger partial charge >= 0.3 is 0 Å². The molecule has 2 N–H and O–H groups in total. The number of benzene rings is 1. The van der Waals surface area contributed by atoms with Crippen molar-refractivity contribution in [3.63, 3.8) is 0 Å². The summed E-state index contributed by atoms with van der Waals surface area (Å²) >= 11 is 0. The molecule has 1 unspecified atom stereocenters. The van der Waals surface area contributed by atoms with Crippen molar-refractivity contribution in [2.45, 2.75) is 32.2 Å². The van der Waals surface area contributed by atoms with Crippen molar-refractivity contribution < 1.29 is 4.74 Å². The number of hydrogen-bond acceptors (Lipinski definition) is 2. The van der Waals surface area contributed by atoms with Crippen LogP contribution in [0, 0.1) is 0 Å². The van der Waals surface area contributed by atoms with Crippen LogP contribution in [0.3, 0.4) is 0 Å². The molecule has 1 aromatic carbocycles. The third-order valence-corrected chi connectivity index (χ3v) is 3.06. The molecule has 0 saturated heterocycles. The molecule has 2 nitrogen and oxygen atoms in total. The Kier molecular flexibility index (Phi) is 3.30. The van der Waals surface area contributed by atoms with Gasteiger partial charge in [-0.25, -0.2) is 0 Å². The van der Waals surface area contributed by atoms with Crippen molar-refractivity contribution in [1.82, 2.24) is 0 Å². The van der Waals surface area contributed by atoms with Crippen LogP contribution < -0.4 is 10.5 Å². The molecule has 1 aliphatic carbocycles. The smallest absolute Gasteiger partial charge is 0.122 e. The Morgan fingerprint density at radius 3 is 3.12 bits per heavy atom. The Bertz CT molecular complexity index is 398. The molecule has 0 radical (unpaired) electrons. The van der Waals surface area contributed by atoms with Crippen LogP contribution >= 0.6 is 0 Å².